The average molecular weight is 340 g/mol. The summed E-state index contributed by atoms with van der Waals surface area (Å²) in [5.74, 6) is 0.646. The van der Waals surface area contributed by atoms with Crippen molar-refractivity contribution in [3.05, 3.63) is 57.5 Å². The van der Waals surface area contributed by atoms with Crippen molar-refractivity contribution < 1.29 is 4.52 Å². The summed E-state index contributed by atoms with van der Waals surface area (Å²) < 4.78 is 5.35. The molecule has 0 aliphatic rings. The molecule has 3 nitrogen and oxygen atoms in total. The normalized spacial score (nSPS) is 10.8. The van der Waals surface area contributed by atoms with Crippen LogP contribution in [0.1, 0.15) is 0 Å². The summed E-state index contributed by atoms with van der Waals surface area (Å²) in [5.41, 5.74) is 7.73. The second-order valence-corrected chi connectivity index (χ2v) is 5.57. The van der Waals surface area contributed by atoms with Crippen LogP contribution in [0, 0.1) is 0 Å². The highest BCUT2D eigenvalue weighted by molar-refractivity contribution is 6.40. The molecule has 6 heteroatoms. The lowest BCUT2D eigenvalue weighted by atomic mass is 10.0. The van der Waals surface area contributed by atoms with Crippen molar-refractivity contribution >= 4 is 40.6 Å². The molecule has 0 aliphatic heterocycles. The number of rotatable bonds is 2. The van der Waals surface area contributed by atoms with E-state index < -0.39 is 0 Å². The molecular formula is C15H9Cl3N2O. The molecule has 21 heavy (non-hydrogen) atoms. The second kappa shape index (κ2) is 5.60. The summed E-state index contributed by atoms with van der Waals surface area (Å²) >= 11 is 18.7. The van der Waals surface area contributed by atoms with E-state index in [4.69, 9.17) is 45.1 Å². The Kier molecular flexibility index (Phi) is 3.81. The highest BCUT2D eigenvalue weighted by Crippen LogP contribution is 2.44. The summed E-state index contributed by atoms with van der Waals surface area (Å²) in [7, 11) is 0. The Morgan fingerprint density at radius 2 is 1.43 bits per heavy atom. The van der Waals surface area contributed by atoms with Gasteiger partial charge in [0.05, 0.1) is 20.6 Å². The van der Waals surface area contributed by atoms with E-state index in [2.05, 4.69) is 5.16 Å². The van der Waals surface area contributed by atoms with Gasteiger partial charge in [0.25, 0.3) is 0 Å². The Morgan fingerprint density at radius 1 is 0.810 bits per heavy atom. The number of hydrogen-bond donors (Lipinski definition) is 1. The van der Waals surface area contributed by atoms with Crippen molar-refractivity contribution in [1.82, 2.24) is 5.16 Å². The number of nitrogen functional groups attached to an aromatic ring is 1. The highest BCUT2D eigenvalue weighted by atomic mass is 35.5. The first-order valence-electron chi connectivity index (χ1n) is 6.04. The monoisotopic (exact) mass is 338 g/mol. The Labute approximate surface area is 136 Å². The van der Waals surface area contributed by atoms with Crippen LogP contribution in [0.3, 0.4) is 0 Å². The molecule has 106 valence electrons. The van der Waals surface area contributed by atoms with E-state index in [9.17, 15) is 0 Å². The number of nitrogens with zero attached hydrogens (tertiary/aromatic N) is 1. The van der Waals surface area contributed by atoms with E-state index in [-0.39, 0.29) is 5.82 Å². The molecule has 2 N–H and O–H groups in total. The minimum Gasteiger partial charge on any atom is -0.380 e. The first kappa shape index (κ1) is 14.3. The van der Waals surface area contributed by atoms with E-state index in [0.717, 1.165) is 0 Å². The smallest absolute Gasteiger partial charge is 0.178 e. The maximum Gasteiger partial charge on any atom is 0.178 e. The van der Waals surface area contributed by atoms with Gasteiger partial charge in [-0.1, -0.05) is 58.2 Å². The lowest BCUT2D eigenvalue weighted by Gasteiger charge is -2.08. The molecule has 0 saturated carbocycles. The van der Waals surface area contributed by atoms with Crippen LogP contribution in [0.25, 0.3) is 22.5 Å². The van der Waals surface area contributed by atoms with Crippen LogP contribution >= 0.6 is 34.8 Å². The number of halogens is 3. The van der Waals surface area contributed by atoms with Gasteiger partial charge in [-0.15, -0.1) is 0 Å². The zero-order chi connectivity index (χ0) is 15.0. The molecule has 0 atom stereocenters. The van der Waals surface area contributed by atoms with Crippen LogP contribution in [0.15, 0.2) is 47.0 Å². The minimum atomic E-state index is 0.208. The van der Waals surface area contributed by atoms with Crippen LogP contribution < -0.4 is 5.73 Å². The van der Waals surface area contributed by atoms with Crippen molar-refractivity contribution in [3.63, 3.8) is 0 Å². The molecule has 0 bridgehead atoms. The SMILES string of the molecule is Nc1noc(-c2ccccc2Cl)c1-c1c(Cl)cccc1Cl. The predicted octanol–water partition coefficient (Wildman–Crippen LogP) is 5.55. The molecule has 0 saturated heterocycles. The van der Waals surface area contributed by atoms with E-state index in [1.165, 1.54) is 0 Å². The van der Waals surface area contributed by atoms with Crippen molar-refractivity contribution in [2.24, 2.45) is 0 Å². The fourth-order valence-corrected chi connectivity index (χ4v) is 2.92. The van der Waals surface area contributed by atoms with Gasteiger partial charge in [-0.25, -0.2) is 0 Å². The summed E-state index contributed by atoms with van der Waals surface area (Å²) in [4.78, 5) is 0. The molecule has 0 aliphatic carbocycles. The zero-order valence-electron chi connectivity index (χ0n) is 10.6. The molecule has 3 aromatic rings. The van der Waals surface area contributed by atoms with Crippen LogP contribution in [-0.4, -0.2) is 5.16 Å². The Hall–Kier alpha value is -1.68. The third kappa shape index (κ3) is 2.48. The molecule has 0 unspecified atom stereocenters. The highest BCUT2D eigenvalue weighted by Gasteiger charge is 2.23. The van der Waals surface area contributed by atoms with Gasteiger partial charge >= 0.3 is 0 Å². The molecule has 0 fully saturated rings. The number of benzene rings is 2. The molecule has 0 spiro atoms. The van der Waals surface area contributed by atoms with Crippen molar-refractivity contribution in [2.45, 2.75) is 0 Å². The maximum absolute atomic E-state index is 6.25. The van der Waals surface area contributed by atoms with Crippen LogP contribution in [0.4, 0.5) is 5.82 Å². The van der Waals surface area contributed by atoms with Gasteiger partial charge in [0.15, 0.2) is 11.6 Å². The molecule has 2 aromatic carbocycles. The van der Waals surface area contributed by atoms with Crippen molar-refractivity contribution in [2.75, 3.05) is 5.73 Å². The number of nitrogens with two attached hydrogens (primary N) is 1. The fraction of sp³-hybridized carbons (Fsp3) is 0. The third-order valence-electron chi connectivity index (χ3n) is 3.05. The van der Waals surface area contributed by atoms with Gasteiger partial charge in [-0.05, 0) is 24.3 Å². The summed E-state index contributed by atoms with van der Waals surface area (Å²) in [6, 6.07) is 12.5. The van der Waals surface area contributed by atoms with Crippen LogP contribution in [0.2, 0.25) is 15.1 Å². The maximum atomic E-state index is 6.25. The topological polar surface area (TPSA) is 52.0 Å². The molecule has 1 heterocycles. The summed E-state index contributed by atoms with van der Waals surface area (Å²) in [6.45, 7) is 0. The minimum absolute atomic E-state index is 0.208. The van der Waals surface area contributed by atoms with Gasteiger partial charge in [0.1, 0.15) is 0 Å². The second-order valence-electron chi connectivity index (χ2n) is 4.35. The first-order chi connectivity index (χ1) is 10.1. The quantitative estimate of drug-likeness (QED) is 0.666. The third-order valence-corrected chi connectivity index (χ3v) is 4.01. The Bertz CT molecular complexity index is 794. The standard InChI is InChI=1S/C15H9Cl3N2O/c16-9-5-2-1-4-8(9)14-13(15(19)20-21-14)12-10(17)6-3-7-11(12)18/h1-7H,(H2,19,20). The van der Waals surface area contributed by atoms with Crippen molar-refractivity contribution in [1.29, 1.82) is 0 Å². The van der Waals surface area contributed by atoms with E-state index in [0.29, 0.717) is 37.5 Å². The number of aromatic nitrogens is 1. The van der Waals surface area contributed by atoms with Gasteiger partial charge in [0.2, 0.25) is 0 Å². The molecule has 0 radical (unpaired) electrons. The zero-order valence-corrected chi connectivity index (χ0v) is 12.9. The number of hydrogen-bond acceptors (Lipinski definition) is 3. The first-order valence-corrected chi connectivity index (χ1v) is 7.17. The van der Waals surface area contributed by atoms with Gasteiger partial charge in [0, 0.05) is 11.1 Å². The average Bonchev–Trinajstić information content (AvgIpc) is 2.81. The molecule has 3 rings (SSSR count). The molecule has 0 amide bonds. The summed E-state index contributed by atoms with van der Waals surface area (Å²) in [5, 5.41) is 5.27. The number of anilines is 1. The van der Waals surface area contributed by atoms with Crippen LogP contribution in [0.5, 0.6) is 0 Å². The largest absolute Gasteiger partial charge is 0.380 e. The molecule has 1 aromatic heterocycles. The fourth-order valence-electron chi connectivity index (χ4n) is 2.11. The predicted molar refractivity (Wildman–Crippen MR) is 86.8 cm³/mol. The van der Waals surface area contributed by atoms with Gasteiger partial charge < -0.3 is 10.3 Å². The van der Waals surface area contributed by atoms with Gasteiger partial charge in [-0.2, -0.15) is 0 Å². The Balaban J connectivity index is 2.31. The summed E-state index contributed by atoms with van der Waals surface area (Å²) in [6.07, 6.45) is 0. The van der Waals surface area contributed by atoms with Crippen molar-refractivity contribution in [3.8, 4) is 22.5 Å². The van der Waals surface area contributed by atoms with E-state index >= 15 is 0 Å². The lowest BCUT2D eigenvalue weighted by molar-refractivity contribution is 0.436. The van der Waals surface area contributed by atoms with E-state index in [1.807, 2.05) is 18.2 Å². The lowest BCUT2D eigenvalue weighted by Crippen LogP contribution is -1.91. The van der Waals surface area contributed by atoms with Gasteiger partial charge in [-0.3, -0.25) is 0 Å². The molecular weight excluding hydrogens is 331 g/mol. The Morgan fingerprint density at radius 3 is 2.10 bits per heavy atom. The van der Waals surface area contributed by atoms with Crippen LogP contribution in [-0.2, 0) is 0 Å². The van der Waals surface area contributed by atoms with E-state index in [1.54, 1.807) is 24.3 Å².